The van der Waals surface area contributed by atoms with E-state index >= 15 is 0 Å². The topological polar surface area (TPSA) is 59.2 Å². The number of carbonyl (C=O) groups is 1. The van der Waals surface area contributed by atoms with Gasteiger partial charge in [-0.1, -0.05) is 37.8 Å². The molecule has 1 saturated carbocycles. The Morgan fingerprint density at radius 1 is 1.29 bits per heavy atom. The third-order valence-electron chi connectivity index (χ3n) is 4.77. The van der Waals surface area contributed by atoms with E-state index in [4.69, 9.17) is 4.52 Å². The standard InChI is InChI=1S/C16H25N3O2/c1-2-3-9-14-17-16(18-21-14)12-10-15(20)19(11-12)13-7-5-4-6-8-13/h12-13H,2-11H2,1H3. The van der Waals surface area contributed by atoms with E-state index in [-0.39, 0.29) is 11.8 Å². The van der Waals surface area contributed by atoms with Crippen LogP contribution in [0.5, 0.6) is 0 Å². The van der Waals surface area contributed by atoms with Crippen molar-refractivity contribution >= 4 is 5.91 Å². The Morgan fingerprint density at radius 3 is 2.86 bits per heavy atom. The zero-order valence-corrected chi connectivity index (χ0v) is 12.9. The fourth-order valence-electron chi connectivity index (χ4n) is 3.51. The van der Waals surface area contributed by atoms with Crippen LogP contribution >= 0.6 is 0 Å². The summed E-state index contributed by atoms with van der Waals surface area (Å²) < 4.78 is 5.30. The van der Waals surface area contributed by atoms with Gasteiger partial charge in [-0.2, -0.15) is 4.98 Å². The van der Waals surface area contributed by atoms with Crippen molar-refractivity contribution in [1.82, 2.24) is 15.0 Å². The summed E-state index contributed by atoms with van der Waals surface area (Å²) in [5, 5.41) is 4.10. The van der Waals surface area contributed by atoms with Gasteiger partial charge in [0.15, 0.2) is 5.82 Å². The monoisotopic (exact) mass is 291 g/mol. The maximum Gasteiger partial charge on any atom is 0.226 e. The molecule has 116 valence electrons. The molecule has 1 saturated heterocycles. The van der Waals surface area contributed by atoms with Gasteiger partial charge in [-0.3, -0.25) is 4.79 Å². The molecule has 5 heteroatoms. The molecular weight excluding hydrogens is 266 g/mol. The van der Waals surface area contributed by atoms with Crippen molar-refractivity contribution in [3.8, 4) is 0 Å². The highest BCUT2D eigenvalue weighted by Crippen LogP contribution is 2.32. The van der Waals surface area contributed by atoms with Gasteiger partial charge in [-0.05, 0) is 19.3 Å². The fraction of sp³-hybridized carbons (Fsp3) is 0.812. The summed E-state index contributed by atoms with van der Waals surface area (Å²) >= 11 is 0. The maximum atomic E-state index is 12.3. The Bertz CT molecular complexity index is 480. The Hall–Kier alpha value is -1.39. The van der Waals surface area contributed by atoms with Crippen LogP contribution in [0.15, 0.2) is 4.52 Å². The molecule has 0 N–H and O–H groups in total. The van der Waals surface area contributed by atoms with Crippen LogP contribution in [0.3, 0.4) is 0 Å². The number of unbranched alkanes of at least 4 members (excludes halogenated alkanes) is 1. The number of rotatable bonds is 5. The van der Waals surface area contributed by atoms with Gasteiger partial charge in [0, 0.05) is 31.3 Å². The number of hydrogen-bond acceptors (Lipinski definition) is 4. The summed E-state index contributed by atoms with van der Waals surface area (Å²) in [4.78, 5) is 18.8. The van der Waals surface area contributed by atoms with Crippen molar-refractivity contribution < 1.29 is 9.32 Å². The lowest BCUT2D eigenvalue weighted by Crippen LogP contribution is -2.37. The lowest BCUT2D eigenvalue weighted by atomic mass is 9.94. The summed E-state index contributed by atoms with van der Waals surface area (Å²) in [5.74, 6) is 1.84. The quantitative estimate of drug-likeness (QED) is 0.836. The van der Waals surface area contributed by atoms with Gasteiger partial charge in [-0.25, -0.2) is 0 Å². The third kappa shape index (κ3) is 3.27. The highest BCUT2D eigenvalue weighted by atomic mass is 16.5. The second-order valence-electron chi connectivity index (χ2n) is 6.39. The number of likely N-dealkylation sites (tertiary alicyclic amines) is 1. The van der Waals surface area contributed by atoms with E-state index in [2.05, 4.69) is 22.0 Å². The Morgan fingerprint density at radius 2 is 2.10 bits per heavy atom. The van der Waals surface area contributed by atoms with Crippen LogP contribution in [0, 0.1) is 0 Å². The first-order valence-corrected chi connectivity index (χ1v) is 8.40. The molecule has 21 heavy (non-hydrogen) atoms. The summed E-state index contributed by atoms with van der Waals surface area (Å²) in [6.07, 6.45) is 9.71. The molecule has 1 aromatic heterocycles. The van der Waals surface area contributed by atoms with Crippen LogP contribution in [0.4, 0.5) is 0 Å². The van der Waals surface area contributed by atoms with Crippen molar-refractivity contribution in [2.24, 2.45) is 0 Å². The van der Waals surface area contributed by atoms with E-state index in [1.54, 1.807) is 0 Å². The zero-order valence-electron chi connectivity index (χ0n) is 12.9. The smallest absolute Gasteiger partial charge is 0.226 e. The van der Waals surface area contributed by atoms with Crippen molar-refractivity contribution in [2.75, 3.05) is 6.54 Å². The second-order valence-corrected chi connectivity index (χ2v) is 6.39. The fourth-order valence-corrected chi connectivity index (χ4v) is 3.51. The van der Waals surface area contributed by atoms with Crippen molar-refractivity contribution in [3.05, 3.63) is 11.7 Å². The number of hydrogen-bond donors (Lipinski definition) is 0. The molecular formula is C16H25N3O2. The molecule has 1 atom stereocenters. The number of carbonyl (C=O) groups excluding carboxylic acids is 1. The van der Waals surface area contributed by atoms with Gasteiger partial charge in [0.2, 0.25) is 11.8 Å². The van der Waals surface area contributed by atoms with E-state index in [0.29, 0.717) is 12.5 Å². The van der Waals surface area contributed by atoms with Crippen LogP contribution in [0.25, 0.3) is 0 Å². The molecule has 1 amide bonds. The molecule has 1 unspecified atom stereocenters. The minimum atomic E-state index is 0.124. The van der Waals surface area contributed by atoms with Gasteiger partial charge in [0.05, 0.1) is 0 Å². The lowest BCUT2D eigenvalue weighted by Gasteiger charge is -2.31. The predicted octanol–water partition coefficient (Wildman–Crippen LogP) is 3.06. The normalized spacial score (nSPS) is 24.0. The van der Waals surface area contributed by atoms with Gasteiger partial charge in [0.25, 0.3) is 0 Å². The summed E-state index contributed by atoms with van der Waals surface area (Å²) in [5.41, 5.74) is 0. The highest BCUT2D eigenvalue weighted by molar-refractivity contribution is 5.79. The van der Waals surface area contributed by atoms with Crippen molar-refractivity contribution in [2.45, 2.75) is 76.7 Å². The van der Waals surface area contributed by atoms with Gasteiger partial charge < -0.3 is 9.42 Å². The molecule has 0 spiro atoms. The Labute approximate surface area is 126 Å². The van der Waals surface area contributed by atoms with Crippen molar-refractivity contribution in [3.63, 3.8) is 0 Å². The lowest BCUT2D eigenvalue weighted by molar-refractivity contribution is -0.130. The van der Waals surface area contributed by atoms with Gasteiger partial charge >= 0.3 is 0 Å². The molecule has 1 aromatic rings. The molecule has 5 nitrogen and oxygen atoms in total. The number of aryl methyl sites for hydroxylation is 1. The molecule has 0 bridgehead atoms. The van der Waals surface area contributed by atoms with E-state index in [0.717, 1.165) is 50.4 Å². The Kier molecular flexibility index (Phi) is 4.56. The van der Waals surface area contributed by atoms with E-state index < -0.39 is 0 Å². The largest absolute Gasteiger partial charge is 0.339 e. The summed E-state index contributed by atoms with van der Waals surface area (Å²) in [7, 11) is 0. The van der Waals surface area contributed by atoms with Crippen LogP contribution in [0.2, 0.25) is 0 Å². The van der Waals surface area contributed by atoms with Crippen LogP contribution in [0.1, 0.15) is 75.9 Å². The van der Waals surface area contributed by atoms with Crippen LogP contribution in [-0.4, -0.2) is 33.5 Å². The van der Waals surface area contributed by atoms with Crippen LogP contribution < -0.4 is 0 Å². The first-order chi connectivity index (χ1) is 10.3. The minimum Gasteiger partial charge on any atom is -0.339 e. The van der Waals surface area contributed by atoms with Crippen LogP contribution in [-0.2, 0) is 11.2 Å². The van der Waals surface area contributed by atoms with Crippen molar-refractivity contribution in [1.29, 1.82) is 0 Å². The minimum absolute atomic E-state index is 0.124. The highest BCUT2D eigenvalue weighted by Gasteiger charge is 2.37. The molecule has 1 aliphatic heterocycles. The average Bonchev–Trinajstić information content (AvgIpc) is 3.12. The number of aromatic nitrogens is 2. The van der Waals surface area contributed by atoms with E-state index in [1.165, 1.54) is 19.3 Å². The molecule has 2 heterocycles. The van der Waals surface area contributed by atoms with Gasteiger partial charge in [-0.15, -0.1) is 0 Å². The summed E-state index contributed by atoms with van der Waals surface area (Å²) in [6, 6.07) is 0.447. The van der Waals surface area contributed by atoms with Gasteiger partial charge in [0.1, 0.15) is 0 Å². The zero-order chi connectivity index (χ0) is 14.7. The SMILES string of the molecule is CCCCc1nc(C2CC(=O)N(C3CCCCC3)C2)no1. The first-order valence-electron chi connectivity index (χ1n) is 8.40. The first kappa shape index (κ1) is 14.5. The maximum absolute atomic E-state index is 12.3. The molecule has 2 fully saturated rings. The molecule has 2 aliphatic rings. The summed E-state index contributed by atoms with van der Waals surface area (Å²) in [6.45, 7) is 2.92. The number of nitrogens with zero attached hydrogens (tertiary/aromatic N) is 3. The molecule has 0 radical (unpaired) electrons. The van der Waals surface area contributed by atoms with E-state index in [9.17, 15) is 4.79 Å². The Balaban J connectivity index is 1.62. The molecule has 0 aromatic carbocycles. The number of amides is 1. The predicted molar refractivity (Wildman–Crippen MR) is 78.9 cm³/mol. The average molecular weight is 291 g/mol. The second kappa shape index (κ2) is 6.58. The third-order valence-corrected chi connectivity index (χ3v) is 4.77. The van der Waals surface area contributed by atoms with E-state index in [1.807, 2.05) is 0 Å². The molecule has 3 rings (SSSR count). The molecule has 1 aliphatic carbocycles.